The first-order valence-electron chi connectivity index (χ1n) is 12.0. The fourth-order valence-corrected chi connectivity index (χ4v) is 4.01. The zero-order valence-electron chi connectivity index (χ0n) is 20.8. The maximum Gasteiger partial charge on any atom is 0.261 e. The van der Waals surface area contributed by atoms with Gasteiger partial charge in [0.05, 0.1) is 10.0 Å². The molecule has 0 aliphatic heterocycles. The lowest BCUT2D eigenvalue weighted by atomic mass is 10.0. The Kier molecular flexibility index (Phi) is 10.2. The van der Waals surface area contributed by atoms with Crippen molar-refractivity contribution in [3.8, 4) is 5.75 Å². The molecule has 0 saturated heterocycles. The van der Waals surface area contributed by atoms with E-state index in [4.69, 9.17) is 27.9 Å². The van der Waals surface area contributed by atoms with Gasteiger partial charge in [-0.3, -0.25) is 9.59 Å². The van der Waals surface area contributed by atoms with E-state index in [1.165, 1.54) is 0 Å². The molecule has 0 aromatic heterocycles. The van der Waals surface area contributed by atoms with Crippen LogP contribution in [0.5, 0.6) is 5.75 Å². The number of carbonyl (C=O) groups excluding carboxylic acids is 2. The smallest absolute Gasteiger partial charge is 0.261 e. The molecule has 0 aliphatic carbocycles. The minimum absolute atomic E-state index is 0.0264. The second kappa shape index (κ2) is 13.3. The minimum atomic E-state index is -0.745. The van der Waals surface area contributed by atoms with Crippen LogP contribution in [0.1, 0.15) is 37.0 Å². The summed E-state index contributed by atoms with van der Waals surface area (Å²) in [6.45, 7) is 5.91. The van der Waals surface area contributed by atoms with Crippen LogP contribution >= 0.6 is 23.2 Å². The molecule has 36 heavy (non-hydrogen) atoms. The lowest BCUT2D eigenvalue weighted by Gasteiger charge is -2.32. The van der Waals surface area contributed by atoms with Gasteiger partial charge in [0.15, 0.2) is 6.61 Å². The number of hydrogen-bond acceptors (Lipinski definition) is 3. The average Bonchev–Trinajstić information content (AvgIpc) is 2.88. The SMILES string of the molecule is CC[C@@H](C)NC(=O)[C@@H](Cc1ccccc1)N(Cc1ccc(Cl)c(Cl)c1)C(=O)COc1ccc(C)cc1. The third-order valence-electron chi connectivity index (χ3n) is 5.99. The molecule has 0 radical (unpaired) electrons. The van der Waals surface area contributed by atoms with Gasteiger partial charge in [0.2, 0.25) is 5.91 Å². The normalized spacial score (nSPS) is 12.5. The second-order valence-electron chi connectivity index (χ2n) is 8.90. The molecule has 0 fully saturated rings. The number of carbonyl (C=O) groups is 2. The van der Waals surface area contributed by atoms with Crippen LogP contribution in [0, 0.1) is 6.92 Å². The summed E-state index contributed by atoms with van der Waals surface area (Å²) >= 11 is 12.4. The van der Waals surface area contributed by atoms with Crippen LogP contribution in [0.25, 0.3) is 0 Å². The molecule has 5 nitrogen and oxygen atoms in total. The Labute approximate surface area is 223 Å². The van der Waals surface area contributed by atoms with Gasteiger partial charge < -0.3 is 15.0 Å². The van der Waals surface area contributed by atoms with Crippen molar-refractivity contribution in [1.82, 2.24) is 10.2 Å². The largest absolute Gasteiger partial charge is 0.484 e. The van der Waals surface area contributed by atoms with E-state index in [1.807, 2.05) is 81.4 Å². The summed E-state index contributed by atoms with van der Waals surface area (Å²) in [5.74, 6) is 0.0749. The molecule has 0 unspecified atom stereocenters. The zero-order chi connectivity index (χ0) is 26.1. The van der Waals surface area contributed by atoms with Gasteiger partial charge in [-0.1, -0.05) is 84.2 Å². The van der Waals surface area contributed by atoms with Crippen molar-refractivity contribution in [3.05, 3.63) is 99.5 Å². The van der Waals surface area contributed by atoms with E-state index >= 15 is 0 Å². The number of hydrogen-bond donors (Lipinski definition) is 1. The van der Waals surface area contributed by atoms with Crippen molar-refractivity contribution in [1.29, 1.82) is 0 Å². The first kappa shape index (κ1) is 27.6. The van der Waals surface area contributed by atoms with Gasteiger partial charge in [0, 0.05) is 19.0 Å². The van der Waals surface area contributed by atoms with Crippen molar-refractivity contribution < 1.29 is 14.3 Å². The van der Waals surface area contributed by atoms with E-state index in [1.54, 1.807) is 17.0 Å². The van der Waals surface area contributed by atoms with Crippen LogP contribution in [0.2, 0.25) is 10.0 Å². The molecule has 0 spiro atoms. The summed E-state index contributed by atoms with van der Waals surface area (Å²) < 4.78 is 5.80. The van der Waals surface area contributed by atoms with Crippen molar-refractivity contribution in [2.45, 2.75) is 52.2 Å². The number of amides is 2. The van der Waals surface area contributed by atoms with Gasteiger partial charge in [-0.25, -0.2) is 0 Å². The zero-order valence-corrected chi connectivity index (χ0v) is 22.4. The average molecular weight is 527 g/mol. The van der Waals surface area contributed by atoms with Crippen molar-refractivity contribution in [2.75, 3.05) is 6.61 Å². The highest BCUT2D eigenvalue weighted by atomic mass is 35.5. The van der Waals surface area contributed by atoms with Gasteiger partial charge in [0.1, 0.15) is 11.8 Å². The highest BCUT2D eigenvalue weighted by molar-refractivity contribution is 6.42. The highest BCUT2D eigenvalue weighted by Gasteiger charge is 2.31. The molecule has 2 atom stereocenters. The van der Waals surface area contributed by atoms with E-state index in [2.05, 4.69) is 5.32 Å². The summed E-state index contributed by atoms with van der Waals surface area (Å²) in [6, 6.07) is 21.6. The molecule has 2 amide bonds. The standard InChI is InChI=1S/C29H32Cl2N2O3/c1-4-21(3)32-29(35)27(17-22-8-6-5-7-9-22)33(18-23-12-15-25(30)26(31)16-23)28(34)19-36-24-13-10-20(2)11-14-24/h5-16,21,27H,4,17-19H2,1-3H3,(H,32,35)/t21-,27-/m1/s1. The van der Waals surface area contributed by atoms with E-state index in [0.29, 0.717) is 22.2 Å². The first-order valence-corrected chi connectivity index (χ1v) is 12.8. The van der Waals surface area contributed by atoms with E-state index < -0.39 is 6.04 Å². The molecule has 0 aliphatic rings. The maximum absolute atomic E-state index is 13.6. The van der Waals surface area contributed by atoms with Gasteiger partial charge in [-0.15, -0.1) is 0 Å². The van der Waals surface area contributed by atoms with Crippen LogP contribution in [0.15, 0.2) is 72.8 Å². The molecule has 3 aromatic rings. The summed E-state index contributed by atoms with van der Waals surface area (Å²) in [4.78, 5) is 28.7. The third-order valence-corrected chi connectivity index (χ3v) is 6.73. The Balaban J connectivity index is 1.92. The first-order chi connectivity index (χ1) is 17.3. The lowest BCUT2D eigenvalue weighted by molar-refractivity contribution is -0.143. The number of rotatable bonds is 11. The Morgan fingerprint density at radius 3 is 2.28 bits per heavy atom. The third kappa shape index (κ3) is 8.00. The lowest BCUT2D eigenvalue weighted by Crippen LogP contribution is -2.53. The molecule has 0 saturated carbocycles. The van der Waals surface area contributed by atoms with Gasteiger partial charge >= 0.3 is 0 Å². The predicted octanol–water partition coefficient (Wildman–Crippen LogP) is 6.24. The summed E-state index contributed by atoms with van der Waals surface area (Å²) in [5, 5.41) is 3.87. The Morgan fingerprint density at radius 1 is 0.944 bits per heavy atom. The molecular weight excluding hydrogens is 495 g/mol. The quantitative estimate of drug-likeness (QED) is 0.322. The number of aryl methyl sites for hydroxylation is 1. The van der Waals surface area contributed by atoms with E-state index in [0.717, 1.165) is 23.1 Å². The molecule has 3 aromatic carbocycles. The number of benzene rings is 3. The van der Waals surface area contributed by atoms with Crippen LogP contribution in [0.3, 0.4) is 0 Å². The maximum atomic E-state index is 13.6. The Morgan fingerprint density at radius 2 is 1.64 bits per heavy atom. The molecule has 0 bridgehead atoms. The van der Waals surface area contributed by atoms with Gasteiger partial charge in [0.25, 0.3) is 5.91 Å². The molecule has 3 rings (SSSR count). The fraction of sp³-hybridized carbons (Fsp3) is 0.310. The van der Waals surface area contributed by atoms with Crippen molar-refractivity contribution in [3.63, 3.8) is 0 Å². The molecule has 190 valence electrons. The van der Waals surface area contributed by atoms with Crippen molar-refractivity contribution >= 4 is 35.0 Å². The predicted molar refractivity (Wildman–Crippen MR) is 146 cm³/mol. The fourth-order valence-electron chi connectivity index (χ4n) is 3.69. The van der Waals surface area contributed by atoms with Crippen LogP contribution < -0.4 is 10.1 Å². The van der Waals surface area contributed by atoms with E-state index in [-0.39, 0.29) is 31.0 Å². The summed E-state index contributed by atoms with van der Waals surface area (Å²) in [5.41, 5.74) is 2.82. The summed E-state index contributed by atoms with van der Waals surface area (Å²) in [6.07, 6.45) is 1.14. The number of nitrogens with one attached hydrogen (secondary N) is 1. The monoisotopic (exact) mass is 526 g/mol. The highest BCUT2D eigenvalue weighted by Crippen LogP contribution is 2.24. The van der Waals surface area contributed by atoms with E-state index in [9.17, 15) is 9.59 Å². The van der Waals surface area contributed by atoms with Crippen molar-refractivity contribution in [2.24, 2.45) is 0 Å². The van der Waals surface area contributed by atoms with Crippen LogP contribution in [-0.4, -0.2) is 35.4 Å². The molecule has 7 heteroatoms. The van der Waals surface area contributed by atoms with Crippen LogP contribution in [0.4, 0.5) is 0 Å². The van der Waals surface area contributed by atoms with Gasteiger partial charge in [-0.05, 0) is 55.7 Å². The number of halogens is 2. The topological polar surface area (TPSA) is 58.6 Å². The molecular formula is C29H32Cl2N2O3. The Hall–Kier alpha value is -3.02. The second-order valence-corrected chi connectivity index (χ2v) is 9.71. The van der Waals surface area contributed by atoms with Gasteiger partial charge in [-0.2, -0.15) is 0 Å². The van der Waals surface area contributed by atoms with Crippen LogP contribution in [-0.2, 0) is 22.6 Å². The molecule has 1 N–H and O–H groups in total. The molecule has 0 heterocycles. The summed E-state index contributed by atoms with van der Waals surface area (Å²) in [7, 11) is 0. The Bertz CT molecular complexity index is 1150. The number of nitrogens with zero attached hydrogens (tertiary/aromatic N) is 1. The number of ether oxygens (including phenoxy) is 1. The minimum Gasteiger partial charge on any atom is -0.484 e.